The number of amides is 1. The van der Waals surface area contributed by atoms with Gasteiger partial charge in [-0.15, -0.1) is 0 Å². The molecule has 1 amide bonds. The van der Waals surface area contributed by atoms with Crippen LogP contribution in [0.5, 0.6) is 5.75 Å². The molecule has 1 saturated heterocycles. The van der Waals surface area contributed by atoms with Crippen LogP contribution >= 0.6 is 11.6 Å². The Kier molecular flexibility index (Phi) is 10.9. The van der Waals surface area contributed by atoms with Gasteiger partial charge >= 0.3 is 0 Å². The lowest BCUT2D eigenvalue weighted by Crippen LogP contribution is -2.57. The van der Waals surface area contributed by atoms with E-state index in [-0.39, 0.29) is 49.2 Å². The van der Waals surface area contributed by atoms with E-state index in [1.165, 1.54) is 0 Å². The minimum Gasteiger partial charge on any atom is -0.487 e. The molecule has 4 aliphatic rings. The number of aliphatic hydroxyl groups is 1. The van der Waals surface area contributed by atoms with Gasteiger partial charge in [0.15, 0.2) is 0 Å². The molecule has 2 N–H and O–H groups in total. The number of nitrogens with zero attached hydrogens (tertiary/aromatic N) is 2. The van der Waals surface area contributed by atoms with E-state index in [1.807, 2.05) is 30.0 Å². The second kappa shape index (κ2) is 14.6. The number of β-amino-alcohol motifs (C(OH)–C–C–N with tert-alkyl or cyclic N) is 1. The molecule has 0 aromatic heterocycles. The van der Waals surface area contributed by atoms with Crippen LogP contribution in [-0.2, 0) is 23.1 Å². The number of hydrogen-bond acceptors (Lipinski definition) is 7. The number of alkyl halides is 2. The lowest BCUT2D eigenvalue weighted by atomic mass is 9.62. The van der Waals surface area contributed by atoms with Crippen LogP contribution < -0.4 is 14.4 Å². The third-order valence-electron chi connectivity index (χ3n) is 11.7. The number of rotatable bonds is 2. The molecule has 2 fully saturated rings. The summed E-state index contributed by atoms with van der Waals surface area (Å²) in [7, 11) is -4.00. The van der Waals surface area contributed by atoms with Crippen molar-refractivity contribution in [2.24, 2.45) is 17.8 Å². The Balaban J connectivity index is 1.36. The van der Waals surface area contributed by atoms with Crippen LogP contribution in [0.15, 0.2) is 36.4 Å². The number of likely N-dealkylation sites (tertiary alicyclic amines) is 1. The van der Waals surface area contributed by atoms with Crippen molar-refractivity contribution in [2.45, 2.75) is 101 Å². The predicted molar refractivity (Wildman–Crippen MR) is 188 cm³/mol. The zero-order valence-corrected chi connectivity index (χ0v) is 30.2. The van der Waals surface area contributed by atoms with E-state index in [0.717, 1.165) is 43.2 Å². The number of fused-ring (bicyclic) bond motifs is 3. The predicted octanol–water partition coefficient (Wildman–Crippen LogP) is 6.82. The quantitative estimate of drug-likeness (QED) is 0.351. The van der Waals surface area contributed by atoms with Crippen LogP contribution in [0.4, 0.5) is 14.5 Å². The van der Waals surface area contributed by atoms with Gasteiger partial charge in [0.1, 0.15) is 12.4 Å². The zero-order valence-electron chi connectivity index (χ0n) is 28.6. The van der Waals surface area contributed by atoms with Gasteiger partial charge in [-0.1, -0.05) is 31.0 Å². The smallest absolute Gasteiger partial charge is 0.264 e. The minimum atomic E-state index is -4.00. The average Bonchev–Trinajstić information content (AvgIpc) is 3.06. The lowest BCUT2D eigenvalue weighted by molar-refractivity contribution is -0.122. The van der Waals surface area contributed by atoms with Gasteiger partial charge in [0.2, 0.25) is 10.0 Å². The molecular weight excluding hydrogens is 672 g/mol. The normalized spacial score (nSPS) is 31.1. The maximum atomic E-state index is 14.1. The summed E-state index contributed by atoms with van der Waals surface area (Å²) in [6, 6.07) is 10.9. The summed E-state index contributed by atoms with van der Waals surface area (Å²) in [6.07, 6.45) is 5.53. The highest BCUT2D eigenvalue weighted by Crippen LogP contribution is 2.47. The number of carbonyl (C=O) groups is 1. The SMILES string of the molecule is C[C@@H]1[C@@H](C)CCC[C@@](O)(CN2CCC(F)(F)CC2)[C@@H]2CC[C@H]2CN2CCCCc3cc(Cl)ccc3COc3ccc(cc32)C(=O)NS1(=O)=O. The van der Waals surface area contributed by atoms with Crippen molar-refractivity contribution in [3.63, 3.8) is 0 Å². The fourth-order valence-corrected chi connectivity index (χ4v) is 9.72. The Morgan fingerprint density at radius 2 is 1.76 bits per heavy atom. The Bertz CT molecular complexity index is 1620. The van der Waals surface area contributed by atoms with Crippen LogP contribution in [0.2, 0.25) is 5.02 Å². The van der Waals surface area contributed by atoms with E-state index in [2.05, 4.69) is 9.62 Å². The molecule has 5 atom stereocenters. The molecule has 3 aliphatic heterocycles. The molecule has 1 saturated carbocycles. The highest BCUT2D eigenvalue weighted by Gasteiger charge is 2.48. The molecule has 0 radical (unpaired) electrons. The number of halogens is 3. The first-order chi connectivity index (χ1) is 23.2. The van der Waals surface area contributed by atoms with E-state index in [1.54, 1.807) is 25.1 Å². The first-order valence-electron chi connectivity index (χ1n) is 17.9. The minimum absolute atomic E-state index is 0.0419. The first-order valence-corrected chi connectivity index (χ1v) is 19.8. The molecule has 3 heterocycles. The lowest BCUT2D eigenvalue weighted by Gasteiger charge is -2.51. The Hall–Kier alpha value is -2.47. The number of ether oxygens (including phenoxy) is 1. The summed E-state index contributed by atoms with van der Waals surface area (Å²) < 4.78 is 63.7. The molecule has 2 bridgehead atoms. The average molecular weight is 722 g/mol. The molecule has 270 valence electrons. The van der Waals surface area contributed by atoms with Gasteiger partial charge in [-0.25, -0.2) is 21.9 Å². The molecule has 8 nitrogen and oxygen atoms in total. The number of carbonyl (C=O) groups excluding carboxylic acids is 1. The van der Waals surface area contributed by atoms with E-state index in [0.29, 0.717) is 62.0 Å². The number of benzene rings is 2. The van der Waals surface area contributed by atoms with E-state index >= 15 is 0 Å². The van der Waals surface area contributed by atoms with E-state index < -0.39 is 32.7 Å². The van der Waals surface area contributed by atoms with Crippen molar-refractivity contribution in [1.29, 1.82) is 0 Å². The zero-order chi connectivity index (χ0) is 35.0. The molecule has 2 aromatic carbocycles. The van der Waals surface area contributed by atoms with Gasteiger partial charge < -0.3 is 19.6 Å². The van der Waals surface area contributed by atoms with Crippen LogP contribution in [-0.4, -0.2) is 73.8 Å². The fraction of sp³-hybridized carbons (Fsp3) is 0.649. The standard InChI is InChI=1S/C37H50ClF2N3O5S/c1-25-6-5-14-36(45,24-42-18-15-37(39,40)16-19-42)32-12-9-29(32)22-43-17-4-3-7-27-20-31(38)11-8-30(27)23-48-34-13-10-28(21-33(34)43)35(44)41-49(46,47)26(25)2/h8,10-11,13,20-21,25-26,29,32,45H,3-7,9,12,14-19,22-24H2,1-2H3,(H,41,44)/t25-,26+,29-,32+,36+/m0/s1. The molecule has 6 rings (SSSR count). The number of sulfonamides is 1. The van der Waals surface area contributed by atoms with Crippen LogP contribution in [0.3, 0.4) is 0 Å². The Morgan fingerprint density at radius 1 is 0.980 bits per heavy atom. The van der Waals surface area contributed by atoms with E-state index in [4.69, 9.17) is 16.3 Å². The molecule has 49 heavy (non-hydrogen) atoms. The Morgan fingerprint density at radius 3 is 2.49 bits per heavy atom. The first kappa shape index (κ1) is 36.3. The van der Waals surface area contributed by atoms with Crippen molar-refractivity contribution >= 4 is 33.2 Å². The summed E-state index contributed by atoms with van der Waals surface area (Å²) >= 11 is 6.34. The molecule has 0 spiro atoms. The van der Waals surface area contributed by atoms with Gasteiger partial charge in [0, 0.05) is 56.2 Å². The molecule has 2 aromatic rings. The van der Waals surface area contributed by atoms with Gasteiger partial charge in [-0.05, 0) is 111 Å². The van der Waals surface area contributed by atoms with Crippen LogP contribution in [0.1, 0.15) is 93.1 Å². The van der Waals surface area contributed by atoms with Crippen LogP contribution in [0.25, 0.3) is 0 Å². The summed E-state index contributed by atoms with van der Waals surface area (Å²) in [5, 5.41) is 12.3. The number of hydrogen-bond donors (Lipinski definition) is 2. The summed E-state index contributed by atoms with van der Waals surface area (Å²) in [5.74, 6) is -2.93. The largest absolute Gasteiger partial charge is 0.487 e. The number of piperidine rings is 1. The highest BCUT2D eigenvalue weighted by atomic mass is 35.5. The van der Waals surface area contributed by atoms with Crippen molar-refractivity contribution < 1.29 is 31.8 Å². The van der Waals surface area contributed by atoms with Crippen molar-refractivity contribution in [2.75, 3.05) is 37.6 Å². The molecular formula is C37H50ClF2N3O5S. The van der Waals surface area contributed by atoms with Gasteiger partial charge in [-0.3, -0.25) is 4.79 Å². The van der Waals surface area contributed by atoms with Crippen LogP contribution in [0, 0.1) is 17.8 Å². The highest BCUT2D eigenvalue weighted by molar-refractivity contribution is 7.90. The topological polar surface area (TPSA) is 99.2 Å². The second-order valence-electron chi connectivity index (χ2n) is 15.0. The van der Waals surface area contributed by atoms with Crippen molar-refractivity contribution in [3.05, 3.63) is 58.1 Å². The van der Waals surface area contributed by atoms with Gasteiger partial charge in [-0.2, -0.15) is 0 Å². The third-order valence-corrected chi connectivity index (χ3v) is 13.8. The summed E-state index contributed by atoms with van der Waals surface area (Å²) in [6.45, 7) is 5.88. The molecule has 12 heteroatoms. The summed E-state index contributed by atoms with van der Waals surface area (Å²) in [5.41, 5.74) is 2.02. The van der Waals surface area contributed by atoms with Gasteiger partial charge in [0.05, 0.1) is 16.5 Å². The maximum absolute atomic E-state index is 14.1. The van der Waals surface area contributed by atoms with Crippen molar-refractivity contribution in [3.8, 4) is 5.75 Å². The molecule has 1 aliphatic carbocycles. The fourth-order valence-electron chi connectivity index (χ4n) is 8.22. The Labute approximate surface area is 294 Å². The second-order valence-corrected chi connectivity index (χ2v) is 17.5. The maximum Gasteiger partial charge on any atom is 0.264 e. The number of nitrogens with one attached hydrogen (secondary N) is 1. The number of anilines is 1. The summed E-state index contributed by atoms with van der Waals surface area (Å²) in [4.78, 5) is 17.7. The van der Waals surface area contributed by atoms with Gasteiger partial charge in [0.25, 0.3) is 11.8 Å². The third kappa shape index (κ3) is 8.37. The van der Waals surface area contributed by atoms with Crippen molar-refractivity contribution in [1.82, 2.24) is 9.62 Å². The molecule has 0 unspecified atom stereocenters. The number of aryl methyl sites for hydroxylation is 1. The monoisotopic (exact) mass is 721 g/mol. The van der Waals surface area contributed by atoms with E-state index in [9.17, 15) is 27.1 Å².